The normalized spacial score (nSPS) is 13.3. The van der Waals surface area contributed by atoms with E-state index < -0.39 is 107 Å². The Bertz CT molecular complexity index is 2440. The summed E-state index contributed by atoms with van der Waals surface area (Å²) in [5, 5.41) is 52.4. The van der Waals surface area contributed by atoms with Gasteiger partial charge in [0, 0.05) is 36.3 Å². The molecule has 0 saturated carbocycles. The molecular weight excluding hydrogens is 692 g/mol. The maximum absolute atomic E-state index is 14.3. The summed E-state index contributed by atoms with van der Waals surface area (Å²) in [5.74, 6) is -7.97. The third-order valence-corrected chi connectivity index (χ3v) is 8.83. The van der Waals surface area contributed by atoms with Crippen LogP contribution >= 0.6 is 12.4 Å². The molecule has 2 aromatic heterocycles. The number of carboxylic acid groups (broad SMARTS) is 1. The van der Waals surface area contributed by atoms with Gasteiger partial charge in [0.05, 0.1) is 32.8 Å². The number of phenolic OH excluding ortho intramolecular Hbond substituents is 3. The summed E-state index contributed by atoms with van der Waals surface area (Å²) in [6, 6.07) is 2.69. The van der Waals surface area contributed by atoms with Gasteiger partial charge in [-0.15, -0.1) is 12.4 Å². The lowest BCUT2D eigenvalue weighted by molar-refractivity contribution is 0.0694. The molecule has 0 unspecified atom stereocenters. The largest absolute Gasteiger partial charge is 0.504 e. The van der Waals surface area contributed by atoms with Gasteiger partial charge in [-0.05, 0) is 45.8 Å². The molecular formula is C35H31ClN2O13. The van der Waals surface area contributed by atoms with Crippen LogP contribution in [0, 0.1) is 0 Å². The number of ketones is 2. The third-order valence-electron chi connectivity index (χ3n) is 8.83. The number of aromatic hydroxyl groups is 4. The molecule has 15 nitrogen and oxygen atoms in total. The van der Waals surface area contributed by atoms with Crippen molar-refractivity contribution in [1.29, 1.82) is 0 Å². The van der Waals surface area contributed by atoms with E-state index in [1.165, 1.54) is 0 Å². The number of fused-ring (bicyclic) bond motifs is 3. The van der Waals surface area contributed by atoms with E-state index in [9.17, 15) is 54.3 Å². The number of aromatic carboxylic acids is 1. The van der Waals surface area contributed by atoms with Gasteiger partial charge in [-0.1, -0.05) is 6.42 Å². The van der Waals surface area contributed by atoms with Crippen LogP contribution in [0.25, 0.3) is 44.0 Å². The summed E-state index contributed by atoms with van der Waals surface area (Å²) in [7, 11) is 0. The Balaban J connectivity index is 0.00000504. The average molecular weight is 723 g/mol. The molecule has 1 fully saturated rings. The highest BCUT2D eigenvalue weighted by Crippen LogP contribution is 2.40. The van der Waals surface area contributed by atoms with Gasteiger partial charge in [0.15, 0.2) is 34.6 Å². The molecule has 1 aliphatic rings. The van der Waals surface area contributed by atoms with E-state index in [1.54, 1.807) is 0 Å². The van der Waals surface area contributed by atoms with E-state index in [1.807, 2.05) is 0 Å². The number of nitrogens with one attached hydrogen (secondary N) is 1. The summed E-state index contributed by atoms with van der Waals surface area (Å²) in [6.07, 6.45) is 4.03. The van der Waals surface area contributed by atoms with Crippen molar-refractivity contribution in [1.82, 2.24) is 10.2 Å². The Morgan fingerprint density at radius 2 is 1.41 bits per heavy atom. The zero-order valence-electron chi connectivity index (χ0n) is 27.1. The molecule has 0 atom stereocenters. The van der Waals surface area contributed by atoms with E-state index in [-0.39, 0.29) is 35.7 Å². The van der Waals surface area contributed by atoms with Gasteiger partial charge in [0.2, 0.25) is 10.9 Å². The molecule has 3 aromatic carbocycles. The highest BCUT2D eigenvalue weighted by Gasteiger charge is 2.31. The molecule has 6 N–H and O–H groups in total. The van der Waals surface area contributed by atoms with Gasteiger partial charge in [0.25, 0.3) is 5.91 Å². The summed E-state index contributed by atoms with van der Waals surface area (Å²) in [5.41, 5.74) is -6.63. The fourth-order valence-corrected chi connectivity index (χ4v) is 6.48. The quantitative estimate of drug-likeness (QED) is 0.0744. The van der Waals surface area contributed by atoms with Gasteiger partial charge in [0.1, 0.15) is 28.6 Å². The Morgan fingerprint density at radius 1 is 0.804 bits per heavy atom. The highest BCUT2D eigenvalue weighted by atomic mass is 35.5. The third kappa shape index (κ3) is 6.10. The average Bonchev–Trinajstić information content (AvgIpc) is 3.06. The lowest BCUT2D eigenvalue weighted by Crippen LogP contribution is -2.37. The molecule has 6 rings (SSSR count). The Labute approximate surface area is 292 Å². The molecule has 0 bridgehead atoms. The summed E-state index contributed by atoms with van der Waals surface area (Å²) in [6.45, 7) is 4.49. The van der Waals surface area contributed by atoms with Crippen LogP contribution < -0.4 is 16.2 Å². The van der Waals surface area contributed by atoms with Crippen LogP contribution in [0.3, 0.4) is 0 Å². The highest BCUT2D eigenvalue weighted by molar-refractivity contribution is 6.19. The van der Waals surface area contributed by atoms with E-state index >= 15 is 0 Å². The number of phenols is 4. The molecule has 0 aliphatic carbocycles. The molecule has 1 aliphatic heterocycles. The number of amides is 1. The first kappa shape index (κ1) is 36.4. The lowest BCUT2D eigenvalue weighted by atomic mass is 9.88. The van der Waals surface area contributed by atoms with Gasteiger partial charge in [-0.25, -0.2) is 4.79 Å². The summed E-state index contributed by atoms with van der Waals surface area (Å²) in [4.78, 5) is 82.2. The molecule has 51 heavy (non-hydrogen) atoms. The number of hydrogen-bond acceptors (Lipinski definition) is 13. The van der Waals surface area contributed by atoms with Crippen LogP contribution in [0.15, 0.2) is 42.9 Å². The van der Waals surface area contributed by atoms with Gasteiger partial charge in [-0.3, -0.25) is 24.0 Å². The van der Waals surface area contributed by atoms with Crippen LogP contribution in [-0.4, -0.2) is 80.1 Å². The van der Waals surface area contributed by atoms with Gasteiger partial charge < -0.3 is 44.6 Å². The molecule has 1 saturated heterocycles. The Kier molecular flexibility index (Phi) is 9.81. The first-order valence-corrected chi connectivity index (χ1v) is 15.5. The number of likely N-dealkylation sites (tertiary alicyclic amines) is 1. The molecule has 0 radical (unpaired) electrons. The Morgan fingerprint density at radius 3 is 2.02 bits per heavy atom. The SMILES string of the molecule is CC(=O)c1cc2c(=O)c3c(C(=O)O)c(O)c(O)cc3oc2c(C(C)=O)c1-c1coc2cc(O)c(O)c(C(=O)NCCN3CCCCC3)c2c1=O.Cl. The van der Waals surface area contributed by atoms with Crippen molar-refractivity contribution in [3.05, 3.63) is 67.2 Å². The number of halogens is 1. The lowest BCUT2D eigenvalue weighted by Gasteiger charge is -2.26. The number of carbonyl (C=O) groups excluding carboxylic acids is 3. The zero-order valence-corrected chi connectivity index (χ0v) is 27.9. The van der Waals surface area contributed by atoms with E-state index in [2.05, 4.69) is 10.2 Å². The van der Waals surface area contributed by atoms with Crippen LogP contribution in [0.1, 0.15) is 74.5 Å². The van der Waals surface area contributed by atoms with Crippen molar-refractivity contribution in [2.75, 3.05) is 26.2 Å². The second kappa shape index (κ2) is 13.8. The van der Waals surface area contributed by atoms with Crippen LogP contribution in [0.2, 0.25) is 0 Å². The number of Topliss-reactive ketones (excluding diaryl/α,β-unsaturated/α-hetero) is 2. The zero-order chi connectivity index (χ0) is 36.2. The maximum Gasteiger partial charge on any atom is 0.340 e. The molecule has 5 aromatic rings. The molecule has 16 heteroatoms. The van der Waals surface area contributed by atoms with Crippen molar-refractivity contribution in [2.45, 2.75) is 33.1 Å². The number of nitrogens with zero attached hydrogens (tertiary/aromatic N) is 1. The molecule has 0 spiro atoms. The molecule has 266 valence electrons. The van der Waals surface area contributed by atoms with Crippen molar-refractivity contribution in [3.8, 4) is 34.1 Å². The minimum Gasteiger partial charge on any atom is -0.504 e. The van der Waals surface area contributed by atoms with Crippen LogP contribution in [-0.2, 0) is 0 Å². The second-order valence-electron chi connectivity index (χ2n) is 12.0. The first-order valence-electron chi connectivity index (χ1n) is 15.5. The Hall–Kier alpha value is -5.93. The van der Waals surface area contributed by atoms with Crippen molar-refractivity contribution in [2.24, 2.45) is 0 Å². The molecule has 1 amide bonds. The first-order chi connectivity index (χ1) is 23.7. The standard InChI is InChI=1S/C35H30N2O13.ClH/c1-14(38)16-10-17-29(42)26-22(12-20(41)32(45)28(26)35(47)48)50-33(17)23(15(2)39)24(16)18-13-49-21-11-19(40)31(44)27(25(21)30(18)43)34(46)36-6-9-37-7-4-3-5-8-37;/h10-13,40-41,44-45H,3-9H2,1-2H3,(H,36,46)(H,47,48);1H. The van der Waals surface area contributed by atoms with Crippen LogP contribution in [0.4, 0.5) is 0 Å². The predicted molar refractivity (Wildman–Crippen MR) is 185 cm³/mol. The van der Waals surface area contributed by atoms with Crippen LogP contribution in [0.5, 0.6) is 23.0 Å². The summed E-state index contributed by atoms with van der Waals surface area (Å²) >= 11 is 0. The second-order valence-corrected chi connectivity index (χ2v) is 12.0. The number of carbonyl (C=O) groups is 4. The van der Waals surface area contributed by atoms with E-state index in [0.717, 1.165) is 70.7 Å². The van der Waals surface area contributed by atoms with Crippen molar-refractivity contribution in [3.63, 3.8) is 0 Å². The van der Waals surface area contributed by atoms with Gasteiger partial charge >= 0.3 is 5.97 Å². The number of rotatable bonds is 8. The number of piperidine rings is 1. The predicted octanol–water partition coefficient (Wildman–Crippen LogP) is 4.28. The van der Waals surface area contributed by atoms with E-state index in [4.69, 9.17) is 8.83 Å². The minimum absolute atomic E-state index is 0. The molecule has 3 heterocycles. The van der Waals surface area contributed by atoms with Gasteiger partial charge in [-0.2, -0.15) is 0 Å². The number of carboxylic acids is 1. The summed E-state index contributed by atoms with van der Waals surface area (Å²) < 4.78 is 11.5. The van der Waals surface area contributed by atoms with E-state index in [0.29, 0.717) is 6.54 Å². The number of benzene rings is 3. The smallest absolute Gasteiger partial charge is 0.340 e. The fraction of sp³-hybridized carbons (Fsp3) is 0.257. The fourth-order valence-electron chi connectivity index (χ4n) is 6.48. The number of hydrogen-bond donors (Lipinski definition) is 6. The topological polar surface area (TPSA) is 245 Å². The van der Waals surface area contributed by atoms with Crippen molar-refractivity contribution >= 4 is 68.8 Å². The van der Waals surface area contributed by atoms with Crippen molar-refractivity contribution < 1.29 is 53.5 Å². The monoisotopic (exact) mass is 722 g/mol. The minimum atomic E-state index is -1.78. The maximum atomic E-state index is 14.3.